The van der Waals surface area contributed by atoms with E-state index < -0.39 is 0 Å². The van der Waals surface area contributed by atoms with E-state index in [1.807, 2.05) is 54.6 Å². The molecule has 0 aliphatic heterocycles. The molecule has 0 aliphatic carbocycles. The van der Waals surface area contributed by atoms with Crippen LogP contribution in [-0.4, -0.2) is 0 Å². The van der Waals surface area contributed by atoms with Crippen LogP contribution >= 0.6 is 0 Å². The molecule has 16 heavy (non-hydrogen) atoms. The van der Waals surface area contributed by atoms with Crippen LogP contribution in [0, 0.1) is 23.7 Å². The standard InChI is InChI=1S/C10H7.C5H5.Fe/c1-2-3-4-7-10-8-5-6-9-10;1-2-4-5-3-1;/h5-6,8-9H,1H3;1-5H;/q2*-1;+2. The van der Waals surface area contributed by atoms with Crippen molar-refractivity contribution in [2.75, 3.05) is 0 Å². The van der Waals surface area contributed by atoms with E-state index in [4.69, 9.17) is 0 Å². The molecule has 0 radical (unpaired) electrons. The summed E-state index contributed by atoms with van der Waals surface area (Å²) in [6.07, 6.45) is 0. The zero-order valence-electron chi connectivity index (χ0n) is 9.05. The molecule has 0 nitrogen and oxygen atoms in total. The van der Waals surface area contributed by atoms with E-state index in [2.05, 4.69) is 23.7 Å². The van der Waals surface area contributed by atoms with Crippen LogP contribution in [0.3, 0.4) is 0 Å². The second kappa shape index (κ2) is 9.88. The van der Waals surface area contributed by atoms with Crippen molar-refractivity contribution in [3.8, 4) is 23.7 Å². The summed E-state index contributed by atoms with van der Waals surface area (Å²) >= 11 is 0. The van der Waals surface area contributed by atoms with Crippen LogP contribution in [0.2, 0.25) is 0 Å². The van der Waals surface area contributed by atoms with Crippen LogP contribution in [0.4, 0.5) is 0 Å². The molecule has 0 saturated carbocycles. The molecule has 0 saturated heterocycles. The average Bonchev–Trinajstić information content (AvgIpc) is 2.94. The fourth-order valence-electron chi connectivity index (χ4n) is 0.944. The smallest absolute Gasteiger partial charge is 0.214 e. The summed E-state index contributed by atoms with van der Waals surface area (Å²) in [5.74, 6) is 11.0. The van der Waals surface area contributed by atoms with Crippen molar-refractivity contribution >= 4 is 0 Å². The summed E-state index contributed by atoms with van der Waals surface area (Å²) in [6.45, 7) is 1.78. The average molecular weight is 248 g/mol. The Morgan fingerprint density at radius 2 is 1.56 bits per heavy atom. The molecule has 0 unspecified atom stereocenters. The molecule has 2 aromatic rings. The van der Waals surface area contributed by atoms with Crippen molar-refractivity contribution in [2.24, 2.45) is 0 Å². The second-order valence-electron chi connectivity index (χ2n) is 2.76. The normalized spacial score (nSPS) is 6.81. The summed E-state index contributed by atoms with van der Waals surface area (Å²) < 4.78 is 0. The molecule has 0 aliphatic rings. The molecule has 0 amide bonds. The molecule has 0 atom stereocenters. The molecular formula is C15H12Fe. The largest absolute Gasteiger partial charge is 2.00 e. The number of hydrogen-bond acceptors (Lipinski definition) is 0. The Morgan fingerprint density at radius 1 is 0.938 bits per heavy atom. The van der Waals surface area contributed by atoms with E-state index in [0.29, 0.717) is 0 Å². The number of rotatable bonds is 0. The van der Waals surface area contributed by atoms with Crippen molar-refractivity contribution in [2.45, 2.75) is 6.92 Å². The minimum Gasteiger partial charge on any atom is -0.214 e. The zero-order valence-corrected chi connectivity index (χ0v) is 10.2. The summed E-state index contributed by atoms with van der Waals surface area (Å²) in [4.78, 5) is 0. The van der Waals surface area contributed by atoms with Gasteiger partial charge in [-0.1, -0.05) is 11.5 Å². The van der Waals surface area contributed by atoms with Crippen molar-refractivity contribution in [1.29, 1.82) is 0 Å². The first-order valence-corrected chi connectivity index (χ1v) is 4.74. The van der Waals surface area contributed by atoms with Gasteiger partial charge in [0.15, 0.2) is 0 Å². The van der Waals surface area contributed by atoms with Gasteiger partial charge < -0.3 is 0 Å². The Bertz CT molecular complexity index is 436. The third kappa shape index (κ3) is 6.74. The van der Waals surface area contributed by atoms with Crippen LogP contribution in [0.5, 0.6) is 0 Å². The monoisotopic (exact) mass is 248 g/mol. The molecule has 0 aromatic heterocycles. The molecular weight excluding hydrogens is 236 g/mol. The SMILES string of the molecule is CC#CC#C[c-]1cccc1.[Fe+2].c1cc[cH-]c1. The molecule has 0 heterocycles. The Labute approximate surface area is 108 Å². The predicted octanol–water partition coefficient (Wildman–Crippen LogP) is 3.18. The molecule has 1 heteroatoms. The van der Waals surface area contributed by atoms with Crippen LogP contribution in [0.1, 0.15) is 12.5 Å². The van der Waals surface area contributed by atoms with Crippen LogP contribution in [-0.2, 0) is 17.1 Å². The third-order valence-electron chi connectivity index (χ3n) is 1.61. The van der Waals surface area contributed by atoms with Gasteiger partial charge in [-0.15, -0.1) is 24.0 Å². The van der Waals surface area contributed by atoms with Gasteiger partial charge in [-0.05, 0) is 6.92 Å². The molecule has 0 fully saturated rings. The van der Waals surface area contributed by atoms with Gasteiger partial charge in [-0.3, -0.25) is 0 Å². The van der Waals surface area contributed by atoms with Crippen molar-refractivity contribution < 1.29 is 17.1 Å². The van der Waals surface area contributed by atoms with Gasteiger partial charge in [0.25, 0.3) is 0 Å². The van der Waals surface area contributed by atoms with Gasteiger partial charge >= 0.3 is 17.1 Å². The third-order valence-corrected chi connectivity index (χ3v) is 1.61. The van der Waals surface area contributed by atoms with Crippen molar-refractivity contribution in [3.05, 3.63) is 60.2 Å². The topological polar surface area (TPSA) is 0 Å². The molecule has 2 rings (SSSR count). The van der Waals surface area contributed by atoms with E-state index in [1.54, 1.807) is 6.92 Å². The first-order valence-electron chi connectivity index (χ1n) is 4.74. The Hall–Kier alpha value is -1.66. The molecule has 80 valence electrons. The van der Waals surface area contributed by atoms with Gasteiger partial charge in [-0.2, -0.15) is 36.3 Å². The Balaban J connectivity index is 0.000000318. The summed E-state index contributed by atoms with van der Waals surface area (Å²) in [5.41, 5.74) is 1.03. The first kappa shape index (κ1) is 14.3. The Morgan fingerprint density at radius 3 is 2.00 bits per heavy atom. The number of hydrogen-bond donors (Lipinski definition) is 0. The van der Waals surface area contributed by atoms with E-state index in [1.165, 1.54) is 0 Å². The summed E-state index contributed by atoms with van der Waals surface area (Å²) in [6, 6.07) is 17.8. The second-order valence-corrected chi connectivity index (χ2v) is 2.76. The van der Waals surface area contributed by atoms with Gasteiger partial charge in [-0.25, -0.2) is 12.1 Å². The quantitative estimate of drug-likeness (QED) is 0.381. The van der Waals surface area contributed by atoms with Crippen molar-refractivity contribution in [3.63, 3.8) is 0 Å². The van der Waals surface area contributed by atoms with E-state index >= 15 is 0 Å². The summed E-state index contributed by atoms with van der Waals surface area (Å²) in [7, 11) is 0. The van der Waals surface area contributed by atoms with Gasteiger partial charge in [0.05, 0.1) is 0 Å². The minimum absolute atomic E-state index is 0. The van der Waals surface area contributed by atoms with Crippen molar-refractivity contribution in [1.82, 2.24) is 0 Å². The van der Waals surface area contributed by atoms with Crippen LogP contribution in [0.25, 0.3) is 0 Å². The molecule has 0 spiro atoms. The van der Waals surface area contributed by atoms with E-state index in [-0.39, 0.29) is 17.1 Å². The zero-order chi connectivity index (χ0) is 10.8. The predicted molar refractivity (Wildman–Crippen MR) is 64.4 cm³/mol. The summed E-state index contributed by atoms with van der Waals surface area (Å²) in [5, 5.41) is 0. The molecule has 2 aromatic carbocycles. The Kier molecular flexibility index (Phi) is 8.85. The van der Waals surface area contributed by atoms with Crippen LogP contribution in [0.15, 0.2) is 54.6 Å². The fraction of sp³-hybridized carbons (Fsp3) is 0.0667. The maximum Gasteiger partial charge on any atom is 2.00 e. The van der Waals surface area contributed by atoms with Crippen LogP contribution < -0.4 is 0 Å². The minimum atomic E-state index is 0. The fourth-order valence-corrected chi connectivity index (χ4v) is 0.944. The van der Waals surface area contributed by atoms with E-state index in [9.17, 15) is 0 Å². The van der Waals surface area contributed by atoms with Gasteiger partial charge in [0.1, 0.15) is 0 Å². The van der Waals surface area contributed by atoms with E-state index in [0.717, 1.165) is 5.56 Å². The molecule has 0 N–H and O–H groups in total. The van der Waals surface area contributed by atoms with Gasteiger partial charge in [0, 0.05) is 0 Å². The maximum atomic E-state index is 2.90. The maximum absolute atomic E-state index is 2.90. The van der Waals surface area contributed by atoms with Gasteiger partial charge in [0.2, 0.25) is 0 Å². The first-order chi connectivity index (χ1) is 7.43. The molecule has 0 bridgehead atoms.